The van der Waals surface area contributed by atoms with Crippen molar-refractivity contribution < 1.29 is 22.4 Å². The van der Waals surface area contributed by atoms with Gasteiger partial charge in [0.05, 0.1) is 23.4 Å². The van der Waals surface area contributed by atoms with Crippen LogP contribution < -0.4 is 5.32 Å². The number of furan rings is 1. The molecule has 1 saturated heterocycles. The zero-order chi connectivity index (χ0) is 19.4. The lowest BCUT2D eigenvalue weighted by atomic mass is 10.2. The fourth-order valence-electron chi connectivity index (χ4n) is 3.10. The molecule has 0 spiro atoms. The van der Waals surface area contributed by atoms with Gasteiger partial charge in [-0.15, -0.1) is 0 Å². The van der Waals surface area contributed by atoms with Crippen molar-refractivity contribution in [2.24, 2.45) is 0 Å². The van der Waals surface area contributed by atoms with Crippen LogP contribution in [0.1, 0.15) is 26.0 Å². The highest BCUT2D eigenvalue weighted by atomic mass is 32.2. The van der Waals surface area contributed by atoms with Crippen LogP contribution in [0.15, 0.2) is 52.0 Å². The summed E-state index contributed by atoms with van der Waals surface area (Å²) in [5.41, 5.74) is 0.558. The highest BCUT2D eigenvalue weighted by Crippen LogP contribution is 2.22. The van der Waals surface area contributed by atoms with Crippen molar-refractivity contribution in [3.63, 3.8) is 0 Å². The van der Waals surface area contributed by atoms with E-state index in [0.29, 0.717) is 25.2 Å². The number of benzene rings is 1. The van der Waals surface area contributed by atoms with Gasteiger partial charge < -0.3 is 14.5 Å². The van der Waals surface area contributed by atoms with Gasteiger partial charge in [0.15, 0.2) is 0 Å². The number of hydrogen-bond acceptors (Lipinski definition) is 5. The maximum Gasteiger partial charge on any atom is 0.243 e. The molecule has 1 aliphatic heterocycles. The Kier molecular flexibility index (Phi) is 5.98. The van der Waals surface area contributed by atoms with E-state index >= 15 is 0 Å². The average molecular weight is 392 g/mol. The van der Waals surface area contributed by atoms with Crippen LogP contribution in [0.4, 0.5) is 5.69 Å². The van der Waals surface area contributed by atoms with Gasteiger partial charge in [0, 0.05) is 31.6 Å². The van der Waals surface area contributed by atoms with E-state index in [4.69, 9.17) is 9.15 Å². The molecule has 2 atom stereocenters. The number of carbonyl (C=O) groups is 1. The number of ether oxygens (including phenoxy) is 1. The van der Waals surface area contributed by atoms with Crippen molar-refractivity contribution >= 4 is 21.6 Å². The highest BCUT2D eigenvalue weighted by molar-refractivity contribution is 7.89. The molecule has 1 amide bonds. The summed E-state index contributed by atoms with van der Waals surface area (Å²) >= 11 is 0. The van der Waals surface area contributed by atoms with E-state index in [1.54, 1.807) is 24.5 Å². The summed E-state index contributed by atoms with van der Waals surface area (Å²) in [6.07, 6.45) is 2.09. The molecule has 1 N–H and O–H groups in total. The number of nitrogens with zero attached hydrogens (tertiary/aromatic N) is 1. The Morgan fingerprint density at radius 3 is 2.41 bits per heavy atom. The van der Waals surface area contributed by atoms with E-state index in [-0.39, 0.29) is 29.4 Å². The molecule has 1 aromatic carbocycles. The zero-order valence-electron chi connectivity index (χ0n) is 15.4. The van der Waals surface area contributed by atoms with Crippen molar-refractivity contribution in [1.29, 1.82) is 0 Å². The minimum Gasteiger partial charge on any atom is -0.469 e. The van der Waals surface area contributed by atoms with Gasteiger partial charge in [0.25, 0.3) is 0 Å². The second kappa shape index (κ2) is 8.24. The second-order valence-electron chi connectivity index (χ2n) is 6.73. The summed E-state index contributed by atoms with van der Waals surface area (Å²) in [6, 6.07) is 9.84. The molecular formula is C19H24N2O5S. The molecule has 0 saturated carbocycles. The summed E-state index contributed by atoms with van der Waals surface area (Å²) < 4.78 is 37.9. The molecule has 2 aromatic rings. The van der Waals surface area contributed by atoms with Gasteiger partial charge in [-0.05, 0) is 50.2 Å². The zero-order valence-corrected chi connectivity index (χ0v) is 16.2. The van der Waals surface area contributed by atoms with Crippen LogP contribution >= 0.6 is 0 Å². The number of aryl methyl sites for hydroxylation is 1. The summed E-state index contributed by atoms with van der Waals surface area (Å²) in [4.78, 5) is 12.2. The lowest BCUT2D eigenvalue weighted by Gasteiger charge is -2.34. The van der Waals surface area contributed by atoms with Crippen LogP contribution in [0.3, 0.4) is 0 Å². The molecule has 1 aliphatic rings. The van der Waals surface area contributed by atoms with E-state index in [1.165, 1.54) is 16.4 Å². The number of amides is 1. The molecule has 27 heavy (non-hydrogen) atoms. The molecule has 1 aromatic heterocycles. The predicted molar refractivity (Wildman–Crippen MR) is 101 cm³/mol. The van der Waals surface area contributed by atoms with Gasteiger partial charge in [-0.2, -0.15) is 4.31 Å². The quantitative estimate of drug-likeness (QED) is 0.816. The van der Waals surface area contributed by atoms with Crippen LogP contribution in [0, 0.1) is 0 Å². The Bertz CT molecular complexity index is 852. The summed E-state index contributed by atoms with van der Waals surface area (Å²) in [7, 11) is -3.58. The maximum atomic E-state index is 12.8. The van der Waals surface area contributed by atoms with Gasteiger partial charge in [0.1, 0.15) is 5.76 Å². The number of nitrogens with one attached hydrogen (secondary N) is 1. The molecule has 2 unspecified atom stereocenters. The largest absolute Gasteiger partial charge is 0.469 e. The van der Waals surface area contributed by atoms with Crippen LogP contribution in [-0.4, -0.2) is 43.9 Å². The fourth-order valence-corrected chi connectivity index (χ4v) is 4.69. The molecule has 1 fully saturated rings. The van der Waals surface area contributed by atoms with Gasteiger partial charge in [-0.3, -0.25) is 4.79 Å². The summed E-state index contributed by atoms with van der Waals surface area (Å²) in [5.74, 6) is 0.596. The van der Waals surface area contributed by atoms with E-state index in [9.17, 15) is 13.2 Å². The monoisotopic (exact) mass is 392 g/mol. The Hall–Kier alpha value is -2.16. The third-order valence-electron chi connectivity index (χ3n) is 4.34. The van der Waals surface area contributed by atoms with Crippen LogP contribution in [0.25, 0.3) is 0 Å². The number of morpholine rings is 1. The van der Waals surface area contributed by atoms with E-state index < -0.39 is 10.0 Å². The number of rotatable bonds is 6. The first-order valence-electron chi connectivity index (χ1n) is 8.92. The van der Waals surface area contributed by atoms with Crippen LogP contribution in [-0.2, 0) is 26.0 Å². The first-order chi connectivity index (χ1) is 12.8. The molecule has 0 bridgehead atoms. The number of sulfonamides is 1. The number of carbonyl (C=O) groups excluding carboxylic acids is 1. The van der Waals surface area contributed by atoms with E-state index in [1.807, 2.05) is 19.9 Å². The summed E-state index contributed by atoms with van der Waals surface area (Å²) in [6.45, 7) is 4.38. The molecule has 7 nitrogen and oxygen atoms in total. The van der Waals surface area contributed by atoms with Crippen molar-refractivity contribution in [2.75, 3.05) is 18.4 Å². The van der Waals surface area contributed by atoms with Crippen molar-refractivity contribution in [2.45, 2.75) is 43.8 Å². The van der Waals surface area contributed by atoms with Gasteiger partial charge in [-0.25, -0.2) is 8.42 Å². The maximum absolute atomic E-state index is 12.8. The average Bonchev–Trinajstić information content (AvgIpc) is 3.13. The van der Waals surface area contributed by atoms with Crippen molar-refractivity contribution in [1.82, 2.24) is 4.31 Å². The third kappa shape index (κ3) is 4.97. The standard InChI is InChI=1S/C19H24N2O5S/c1-14-12-21(13-15(2)26-14)27(23,24)18-8-5-16(6-9-18)20-19(22)10-7-17-4-3-11-25-17/h3-6,8-9,11,14-15H,7,10,12-13H2,1-2H3,(H,20,22). The van der Waals surface area contributed by atoms with Crippen LogP contribution in [0.5, 0.6) is 0 Å². The third-order valence-corrected chi connectivity index (χ3v) is 6.19. The van der Waals surface area contributed by atoms with Crippen LogP contribution in [0.2, 0.25) is 0 Å². The second-order valence-corrected chi connectivity index (χ2v) is 8.67. The Morgan fingerprint density at radius 2 is 1.81 bits per heavy atom. The van der Waals surface area contributed by atoms with Gasteiger partial charge in [0.2, 0.25) is 15.9 Å². The molecule has 0 aliphatic carbocycles. The Labute approximate surface area is 159 Å². The van der Waals surface area contributed by atoms with E-state index in [0.717, 1.165) is 5.76 Å². The topological polar surface area (TPSA) is 88.9 Å². The number of hydrogen-bond donors (Lipinski definition) is 1. The first-order valence-corrected chi connectivity index (χ1v) is 10.4. The molecule has 3 rings (SSSR count). The fraction of sp³-hybridized carbons (Fsp3) is 0.421. The Balaban J connectivity index is 1.61. The molecule has 8 heteroatoms. The van der Waals surface area contributed by atoms with Gasteiger partial charge in [-0.1, -0.05) is 0 Å². The first kappa shape index (κ1) is 19.6. The minimum atomic E-state index is -3.58. The van der Waals surface area contributed by atoms with Gasteiger partial charge >= 0.3 is 0 Å². The smallest absolute Gasteiger partial charge is 0.243 e. The van der Waals surface area contributed by atoms with Crippen molar-refractivity contribution in [3.05, 3.63) is 48.4 Å². The highest BCUT2D eigenvalue weighted by Gasteiger charge is 2.32. The molecular weight excluding hydrogens is 368 g/mol. The van der Waals surface area contributed by atoms with Crippen molar-refractivity contribution in [3.8, 4) is 0 Å². The predicted octanol–water partition coefficient (Wildman–Crippen LogP) is 2.65. The summed E-state index contributed by atoms with van der Waals surface area (Å²) in [5, 5.41) is 2.77. The SMILES string of the molecule is CC1CN(S(=O)(=O)c2ccc(NC(=O)CCc3ccco3)cc2)CC(C)O1. The Morgan fingerprint density at radius 1 is 1.15 bits per heavy atom. The molecule has 0 radical (unpaired) electrons. The molecule has 2 heterocycles. The lowest BCUT2D eigenvalue weighted by molar-refractivity contribution is -0.116. The minimum absolute atomic E-state index is 0.142. The lowest BCUT2D eigenvalue weighted by Crippen LogP contribution is -2.48. The van der Waals surface area contributed by atoms with E-state index in [2.05, 4.69) is 5.32 Å². The number of anilines is 1. The normalized spacial score (nSPS) is 21.1. The molecule has 146 valence electrons.